The third kappa shape index (κ3) is 2.58. The fourth-order valence-electron chi connectivity index (χ4n) is 2.10. The lowest BCUT2D eigenvalue weighted by Crippen LogP contribution is -2.21. The van der Waals surface area contributed by atoms with Crippen molar-refractivity contribution in [3.05, 3.63) is 32.8 Å². The van der Waals surface area contributed by atoms with Crippen LogP contribution in [0.5, 0.6) is 0 Å². The lowest BCUT2D eigenvalue weighted by Gasteiger charge is -2.18. The highest BCUT2D eigenvalue weighted by molar-refractivity contribution is 9.10. The molecule has 1 heterocycles. The maximum atomic E-state index is 11.0. The highest BCUT2D eigenvalue weighted by atomic mass is 79.9. The van der Waals surface area contributed by atoms with E-state index in [4.69, 9.17) is 5.11 Å². The molecule has 1 aromatic rings. The van der Waals surface area contributed by atoms with Crippen LogP contribution in [-0.4, -0.2) is 29.7 Å². The van der Waals surface area contributed by atoms with Crippen LogP contribution in [0.4, 0.5) is 11.4 Å². The molecule has 1 N–H and O–H groups in total. The van der Waals surface area contributed by atoms with Crippen molar-refractivity contribution in [2.24, 2.45) is 5.92 Å². The van der Waals surface area contributed by atoms with Crippen molar-refractivity contribution < 1.29 is 10.0 Å². The zero-order chi connectivity index (χ0) is 12.4. The second-order valence-electron chi connectivity index (χ2n) is 4.17. The summed E-state index contributed by atoms with van der Waals surface area (Å²) < 4.78 is 0.825. The van der Waals surface area contributed by atoms with Gasteiger partial charge in [-0.15, -0.1) is 0 Å². The van der Waals surface area contributed by atoms with Gasteiger partial charge in [0.15, 0.2) is 0 Å². The molecule has 0 bridgehead atoms. The number of aliphatic hydroxyl groups is 1. The molecular formula is C11H13BrN2O3. The summed E-state index contributed by atoms with van der Waals surface area (Å²) in [5, 5.41) is 20.0. The predicted octanol–water partition coefficient (Wildman–Crippen LogP) is 2.18. The van der Waals surface area contributed by atoms with Crippen LogP contribution in [0.1, 0.15) is 6.42 Å². The molecule has 1 atom stereocenters. The van der Waals surface area contributed by atoms with E-state index >= 15 is 0 Å². The number of halogens is 1. The Morgan fingerprint density at radius 2 is 2.35 bits per heavy atom. The number of benzene rings is 1. The van der Waals surface area contributed by atoms with Gasteiger partial charge in [-0.3, -0.25) is 10.1 Å². The minimum absolute atomic E-state index is 0.117. The molecule has 5 nitrogen and oxygen atoms in total. The Morgan fingerprint density at radius 1 is 1.59 bits per heavy atom. The van der Waals surface area contributed by atoms with Crippen molar-refractivity contribution >= 4 is 27.3 Å². The third-order valence-electron chi connectivity index (χ3n) is 3.02. The largest absolute Gasteiger partial charge is 0.396 e. The fraction of sp³-hybridized carbons (Fsp3) is 0.455. The van der Waals surface area contributed by atoms with E-state index < -0.39 is 0 Å². The number of nitrogens with zero attached hydrogens (tertiary/aromatic N) is 2. The Hall–Kier alpha value is -1.14. The highest BCUT2D eigenvalue weighted by Crippen LogP contribution is 2.34. The van der Waals surface area contributed by atoms with Crippen molar-refractivity contribution in [2.75, 3.05) is 24.6 Å². The van der Waals surface area contributed by atoms with Crippen molar-refractivity contribution in [3.8, 4) is 0 Å². The van der Waals surface area contributed by atoms with Gasteiger partial charge < -0.3 is 10.0 Å². The smallest absolute Gasteiger partial charge is 0.292 e. The first-order valence-electron chi connectivity index (χ1n) is 5.41. The van der Waals surface area contributed by atoms with E-state index in [2.05, 4.69) is 15.9 Å². The first-order chi connectivity index (χ1) is 8.11. The summed E-state index contributed by atoms with van der Waals surface area (Å²) in [6.07, 6.45) is 0.875. The van der Waals surface area contributed by atoms with E-state index in [0.717, 1.165) is 17.4 Å². The van der Waals surface area contributed by atoms with Gasteiger partial charge in [0, 0.05) is 36.2 Å². The van der Waals surface area contributed by atoms with Crippen LogP contribution in [0.3, 0.4) is 0 Å². The lowest BCUT2D eigenvalue weighted by atomic mass is 10.1. The van der Waals surface area contributed by atoms with E-state index in [1.54, 1.807) is 12.1 Å². The molecule has 0 saturated carbocycles. The van der Waals surface area contributed by atoms with Crippen LogP contribution in [-0.2, 0) is 0 Å². The van der Waals surface area contributed by atoms with Crippen LogP contribution in [0.2, 0.25) is 0 Å². The van der Waals surface area contributed by atoms with Crippen LogP contribution in [0.25, 0.3) is 0 Å². The second-order valence-corrected chi connectivity index (χ2v) is 5.09. The Balaban J connectivity index is 2.31. The van der Waals surface area contributed by atoms with Crippen LogP contribution in [0.15, 0.2) is 22.7 Å². The summed E-state index contributed by atoms with van der Waals surface area (Å²) in [6, 6.07) is 4.94. The summed E-state index contributed by atoms with van der Waals surface area (Å²) in [5.74, 6) is 0.216. The number of nitro benzene ring substituents is 1. The standard InChI is InChI=1S/C11H13BrN2O3/c12-9-1-2-10(14(16)17)11(5-9)13-4-3-8(6-13)7-15/h1-2,5,8,15H,3-4,6-7H2. The summed E-state index contributed by atoms with van der Waals surface area (Å²) in [4.78, 5) is 12.6. The molecular weight excluding hydrogens is 288 g/mol. The lowest BCUT2D eigenvalue weighted by molar-refractivity contribution is -0.384. The monoisotopic (exact) mass is 300 g/mol. The van der Waals surface area contributed by atoms with Gasteiger partial charge in [-0.05, 0) is 18.6 Å². The van der Waals surface area contributed by atoms with Crippen molar-refractivity contribution in [3.63, 3.8) is 0 Å². The first-order valence-corrected chi connectivity index (χ1v) is 6.21. The third-order valence-corrected chi connectivity index (χ3v) is 3.51. The SMILES string of the molecule is O=[N+]([O-])c1ccc(Br)cc1N1CCC(CO)C1. The van der Waals surface area contributed by atoms with E-state index in [0.29, 0.717) is 12.2 Å². The molecule has 0 spiro atoms. The molecule has 2 rings (SSSR count). The van der Waals surface area contributed by atoms with Crippen molar-refractivity contribution in [2.45, 2.75) is 6.42 Å². The van der Waals surface area contributed by atoms with E-state index in [1.807, 2.05) is 4.90 Å². The van der Waals surface area contributed by atoms with Crippen LogP contribution >= 0.6 is 15.9 Å². The highest BCUT2D eigenvalue weighted by Gasteiger charge is 2.27. The minimum atomic E-state index is -0.367. The number of aliphatic hydroxyl groups excluding tert-OH is 1. The zero-order valence-electron chi connectivity index (χ0n) is 9.17. The molecule has 1 fully saturated rings. The van der Waals surface area contributed by atoms with Crippen LogP contribution in [0, 0.1) is 16.0 Å². The van der Waals surface area contributed by atoms with Gasteiger partial charge in [0.05, 0.1) is 4.92 Å². The first kappa shape index (κ1) is 12.3. The molecule has 0 amide bonds. The van der Waals surface area contributed by atoms with Gasteiger partial charge >= 0.3 is 0 Å². The molecule has 17 heavy (non-hydrogen) atoms. The van der Waals surface area contributed by atoms with Crippen LogP contribution < -0.4 is 4.90 Å². The summed E-state index contributed by atoms with van der Waals surface area (Å²) in [5.41, 5.74) is 0.743. The van der Waals surface area contributed by atoms with Crippen molar-refractivity contribution in [1.29, 1.82) is 0 Å². The number of anilines is 1. The summed E-state index contributed by atoms with van der Waals surface area (Å²) in [6.45, 7) is 1.56. The molecule has 92 valence electrons. The quantitative estimate of drug-likeness (QED) is 0.686. The molecule has 0 aliphatic carbocycles. The van der Waals surface area contributed by atoms with Gasteiger partial charge in [0.25, 0.3) is 5.69 Å². The number of rotatable bonds is 3. The minimum Gasteiger partial charge on any atom is -0.396 e. The van der Waals surface area contributed by atoms with Gasteiger partial charge in [0.2, 0.25) is 0 Å². The van der Waals surface area contributed by atoms with E-state index in [-0.39, 0.29) is 23.1 Å². The van der Waals surface area contributed by atoms with Gasteiger partial charge in [-0.1, -0.05) is 15.9 Å². The number of nitro groups is 1. The Labute approximate surface area is 107 Å². The maximum Gasteiger partial charge on any atom is 0.292 e. The number of hydrogen-bond acceptors (Lipinski definition) is 4. The normalized spacial score (nSPS) is 19.6. The Morgan fingerprint density at radius 3 is 2.94 bits per heavy atom. The summed E-state index contributed by atoms with van der Waals surface area (Å²) in [7, 11) is 0. The molecule has 1 aliphatic rings. The Bertz CT molecular complexity index is 439. The Kier molecular flexibility index (Phi) is 3.63. The average Bonchev–Trinajstić information content (AvgIpc) is 2.76. The molecule has 0 radical (unpaired) electrons. The van der Waals surface area contributed by atoms with E-state index in [1.165, 1.54) is 6.07 Å². The molecule has 1 aliphatic heterocycles. The molecule has 0 aromatic heterocycles. The molecule has 6 heteroatoms. The molecule has 1 aromatic carbocycles. The fourth-order valence-corrected chi connectivity index (χ4v) is 2.45. The molecule has 1 unspecified atom stereocenters. The predicted molar refractivity (Wildman–Crippen MR) is 68.2 cm³/mol. The topological polar surface area (TPSA) is 66.6 Å². The molecule has 1 saturated heterocycles. The summed E-state index contributed by atoms with van der Waals surface area (Å²) >= 11 is 3.33. The zero-order valence-corrected chi connectivity index (χ0v) is 10.8. The maximum absolute atomic E-state index is 11.0. The number of hydrogen-bond donors (Lipinski definition) is 1. The van der Waals surface area contributed by atoms with Crippen molar-refractivity contribution in [1.82, 2.24) is 0 Å². The second kappa shape index (κ2) is 5.01. The van der Waals surface area contributed by atoms with Gasteiger partial charge in [-0.25, -0.2) is 0 Å². The van der Waals surface area contributed by atoms with Gasteiger partial charge in [-0.2, -0.15) is 0 Å². The van der Waals surface area contributed by atoms with Gasteiger partial charge in [0.1, 0.15) is 5.69 Å². The van der Waals surface area contributed by atoms with E-state index in [9.17, 15) is 10.1 Å². The average molecular weight is 301 g/mol.